The fourth-order valence-corrected chi connectivity index (χ4v) is 1.51. The second-order valence-electron chi connectivity index (χ2n) is 3.80. The number of aromatic nitrogens is 3. The van der Waals surface area contributed by atoms with Crippen LogP contribution in [0.1, 0.15) is 18.7 Å². The molecule has 0 fully saturated rings. The van der Waals surface area contributed by atoms with E-state index in [2.05, 4.69) is 15.4 Å². The fraction of sp³-hybridized carbons (Fsp3) is 0.800. The highest BCUT2D eigenvalue weighted by molar-refractivity contribution is 4.81. The van der Waals surface area contributed by atoms with E-state index in [0.29, 0.717) is 25.7 Å². The lowest BCUT2D eigenvalue weighted by Crippen LogP contribution is -2.33. The highest BCUT2D eigenvalue weighted by Crippen LogP contribution is 1.98. The van der Waals surface area contributed by atoms with Gasteiger partial charge in [-0.15, -0.1) is 0 Å². The maximum Gasteiger partial charge on any atom is 0.164 e. The minimum absolute atomic E-state index is 0.317. The Labute approximate surface area is 96.2 Å². The van der Waals surface area contributed by atoms with Crippen LogP contribution in [0.5, 0.6) is 0 Å². The average molecular weight is 227 g/mol. The first kappa shape index (κ1) is 13.1. The Bertz CT molecular complexity index is 288. The zero-order chi connectivity index (χ0) is 11.8. The van der Waals surface area contributed by atoms with Gasteiger partial charge in [0.25, 0.3) is 0 Å². The molecule has 0 bridgehead atoms. The molecule has 1 aromatic rings. The van der Waals surface area contributed by atoms with Gasteiger partial charge >= 0.3 is 0 Å². The maximum atomic E-state index is 5.49. The van der Waals surface area contributed by atoms with Crippen molar-refractivity contribution in [2.45, 2.75) is 25.4 Å². The molecule has 0 saturated carbocycles. The van der Waals surface area contributed by atoms with E-state index in [1.165, 1.54) is 0 Å². The summed E-state index contributed by atoms with van der Waals surface area (Å²) in [6.07, 6.45) is 3.70. The van der Waals surface area contributed by atoms with Crippen molar-refractivity contribution in [1.29, 1.82) is 0 Å². The van der Waals surface area contributed by atoms with E-state index in [9.17, 15) is 0 Å². The number of rotatable bonds is 8. The molecule has 1 heterocycles. The Morgan fingerprint density at radius 1 is 1.62 bits per heavy atom. The first-order valence-electron chi connectivity index (χ1n) is 5.53. The van der Waals surface area contributed by atoms with E-state index in [1.54, 1.807) is 18.1 Å². The molecule has 92 valence electrons. The summed E-state index contributed by atoms with van der Waals surface area (Å²) in [5, 5.41) is 7.57. The van der Waals surface area contributed by atoms with Gasteiger partial charge in [0.1, 0.15) is 6.33 Å². The first-order valence-corrected chi connectivity index (χ1v) is 5.53. The highest BCUT2D eigenvalue weighted by Gasteiger charge is 2.08. The number of hydrogen-bond acceptors (Lipinski definition) is 5. The van der Waals surface area contributed by atoms with E-state index >= 15 is 0 Å². The lowest BCUT2D eigenvalue weighted by molar-refractivity contribution is 0.160. The van der Waals surface area contributed by atoms with Crippen molar-refractivity contribution < 1.29 is 4.74 Å². The quantitative estimate of drug-likeness (QED) is 0.635. The standard InChI is InChI=1S/C10H21N5O/c1-15-8-13-10(14-15)6-12-9(7-16-2)4-3-5-11/h8-9,12H,3-7,11H2,1-2H3. The second-order valence-corrected chi connectivity index (χ2v) is 3.80. The predicted octanol–water partition coefficient (Wildman–Crippen LogP) is -0.341. The summed E-state index contributed by atoms with van der Waals surface area (Å²) in [6, 6.07) is 0.317. The molecular formula is C10H21N5O. The molecule has 0 amide bonds. The van der Waals surface area contributed by atoms with E-state index in [4.69, 9.17) is 10.5 Å². The van der Waals surface area contributed by atoms with Crippen LogP contribution in [0.15, 0.2) is 6.33 Å². The van der Waals surface area contributed by atoms with Crippen LogP contribution in [0.4, 0.5) is 0 Å². The molecule has 1 atom stereocenters. The molecule has 1 aromatic heterocycles. The van der Waals surface area contributed by atoms with Crippen LogP contribution in [0.25, 0.3) is 0 Å². The van der Waals surface area contributed by atoms with Gasteiger partial charge in [-0.05, 0) is 19.4 Å². The summed E-state index contributed by atoms with van der Waals surface area (Å²) in [5.74, 6) is 0.802. The Kier molecular flexibility index (Phi) is 5.99. The van der Waals surface area contributed by atoms with Crippen molar-refractivity contribution in [2.24, 2.45) is 12.8 Å². The van der Waals surface area contributed by atoms with Gasteiger partial charge in [-0.1, -0.05) is 0 Å². The van der Waals surface area contributed by atoms with Crippen LogP contribution in [-0.2, 0) is 18.3 Å². The molecular weight excluding hydrogens is 206 g/mol. The topological polar surface area (TPSA) is 78.0 Å². The summed E-state index contributed by atoms with van der Waals surface area (Å²) in [7, 11) is 3.56. The Hall–Kier alpha value is -0.980. The van der Waals surface area contributed by atoms with E-state index in [-0.39, 0.29) is 0 Å². The Balaban J connectivity index is 2.30. The third kappa shape index (κ3) is 4.69. The van der Waals surface area contributed by atoms with Gasteiger partial charge in [-0.2, -0.15) is 5.10 Å². The van der Waals surface area contributed by atoms with Crippen molar-refractivity contribution in [3.8, 4) is 0 Å². The summed E-state index contributed by atoms with van der Waals surface area (Å²) in [6.45, 7) is 2.07. The molecule has 0 radical (unpaired) electrons. The zero-order valence-electron chi connectivity index (χ0n) is 10.0. The minimum Gasteiger partial charge on any atom is -0.383 e. The third-order valence-electron chi connectivity index (χ3n) is 2.32. The van der Waals surface area contributed by atoms with Gasteiger partial charge < -0.3 is 15.8 Å². The maximum absolute atomic E-state index is 5.49. The first-order chi connectivity index (χ1) is 7.76. The van der Waals surface area contributed by atoms with Gasteiger partial charge in [-0.25, -0.2) is 4.98 Å². The smallest absolute Gasteiger partial charge is 0.164 e. The van der Waals surface area contributed by atoms with Gasteiger partial charge in [0.2, 0.25) is 0 Å². The largest absolute Gasteiger partial charge is 0.383 e. The van der Waals surface area contributed by atoms with Crippen LogP contribution in [-0.4, -0.2) is 41.1 Å². The molecule has 1 unspecified atom stereocenters. The van der Waals surface area contributed by atoms with Crippen molar-refractivity contribution >= 4 is 0 Å². The van der Waals surface area contributed by atoms with Crippen molar-refractivity contribution in [2.75, 3.05) is 20.3 Å². The number of ether oxygens (including phenoxy) is 1. The minimum atomic E-state index is 0.317. The number of nitrogens with zero attached hydrogens (tertiary/aromatic N) is 3. The normalized spacial score (nSPS) is 12.9. The lowest BCUT2D eigenvalue weighted by atomic mass is 10.1. The molecule has 6 heteroatoms. The molecule has 0 aliphatic rings. The molecule has 0 saturated heterocycles. The fourth-order valence-electron chi connectivity index (χ4n) is 1.51. The molecule has 0 spiro atoms. The molecule has 1 rings (SSSR count). The van der Waals surface area contributed by atoms with Crippen molar-refractivity contribution in [3.63, 3.8) is 0 Å². The SMILES string of the molecule is COCC(CCCN)NCc1ncn(C)n1. The zero-order valence-corrected chi connectivity index (χ0v) is 10.0. The molecule has 16 heavy (non-hydrogen) atoms. The van der Waals surface area contributed by atoms with Crippen molar-refractivity contribution in [3.05, 3.63) is 12.2 Å². The molecule has 0 aliphatic carbocycles. The Morgan fingerprint density at radius 2 is 2.44 bits per heavy atom. The summed E-state index contributed by atoms with van der Waals surface area (Å²) in [4.78, 5) is 4.15. The average Bonchev–Trinajstić information content (AvgIpc) is 2.68. The summed E-state index contributed by atoms with van der Waals surface area (Å²) >= 11 is 0. The van der Waals surface area contributed by atoms with E-state index in [1.807, 2.05) is 7.05 Å². The van der Waals surface area contributed by atoms with Crippen LogP contribution in [0.2, 0.25) is 0 Å². The van der Waals surface area contributed by atoms with Crippen LogP contribution < -0.4 is 11.1 Å². The Morgan fingerprint density at radius 3 is 3.00 bits per heavy atom. The van der Waals surface area contributed by atoms with Gasteiger partial charge in [-0.3, -0.25) is 4.68 Å². The van der Waals surface area contributed by atoms with E-state index < -0.39 is 0 Å². The lowest BCUT2D eigenvalue weighted by Gasteiger charge is -2.16. The molecule has 0 aromatic carbocycles. The van der Waals surface area contributed by atoms with E-state index in [0.717, 1.165) is 18.7 Å². The summed E-state index contributed by atoms with van der Waals surface area (Å²) in [5.41, 5.74) is 5.49. The molecule has 6 nitrogen and oxygen atoms in total. The predicted molar refractivity (Wildman–Crippen MR) is 61.8 cm³/mol. The number of aryl methyl sites for hydroxylation is 1. The van der Waals surface area contributed by atoms with Gasteiger partial charge in [0.15, 0.2) is 5.82 Å². The number of hydrogen-bond donors (Lipinski definition) is 2. The number of methoxy groups -OCH3 is 1. The number of nitrogens with one attached hydrogen (secondary N) is 1. The second kappa shape index (κ2) is 7.32. The third-order valence-corrected chi connectivity index (χ3v) is 2.32. The molecule has 0 aliphatic heterocycles. The van der Waals surface area contributed by atoms with Gasteiger partial charge in [0.05, 0.1) is 13.2 Å². The summed E-state index contributed by atoms with van der Waals surface area (Å²) < 4.78 is 6.84. The highest BCUT2D eigenvalue weighted by atomic mass is 16.5. The van der Waals surface area contributed by atoms with Crippen molar-refractivity contribution in [1.82, 2.24) is 20.1 Å². The van der Waals surface area contributed by atoms with Crippen LogP contribution in [0, 0.1) is 0 Å². The van der Waals surface area contributed by atoms with Crippen LogP contribution >= 0.6 is 0 Å². The monoisotopic (exact) mass is 227 g/mol. The van der Waals surface area contributed by atoms with Crippen LogP contribution in [0.3, 0.4) is 0 Å². The number of nitrogens with two attached hydrogens (primary N) is 1. The van der Waals surface area contributed by atoms with Gasteiger partial charge in [0, 0.05) is 20.2 Å². The molecule has 3 N–H and O–H groups in total.